The van der Waals surface area contributed by atoms with Gasteiger partial charge in [-0.15, -0.1) is 4.90 Å². The summed E-state index contributed by atoms with van der Waals surface area (Å²) in [6, 6.07) is -0.203. The summed E-state index contributed by atoms with van der Waals surface area (Å²) in [5.41, 5.74) is 14.0. The van der Waals surface area contributed by atoms with Crippen LogP contribution in [0.15, 0.2) is 37.2 Å². The number of anilines is 6. The quantitative estimate of drug-likeness (QED) is 0.0859. The van der Waals surface area contributed by atoms with Crippen molar-refractivity contribution in [2.45, 2.75) is 117 Å². The fourth-order valence-corrected chi connectivity index (χ4v) is 14.8. The average molecular weight is 1580 g/mol. The van der Waals surface area contributed by atoms with Crippen LogP contribution in [0.4, 0.5) is 49.7 Å². The van der Waals surface area contributed by atoms with Gasteiger partial charge in [-0.2, -0.15) is 0 Å². The molecule has 5 N–H and O–H groups in total. The predicted molar refractivity (Wildman–Crippen MR) is 405 cm³/mol. The Morgan fingerprint density at radius 2 is 0.844 bits per heavy atom. The minimum Gasteiger partial charge on any atom is -0.444 e. The Morgan fingerprint density at radius 3 is 1.19 bits per heavy atom. The van der Waals surface area contributed by atoms with Crippen molar-refractivity contribution in [1.29, 1.82) is 0 Å². The second kappa shape index (κ2) is 31.8. The smallest absolute Gasteiger partial charge is 0.427 e. The fraction of sp³-hybridized carbons (Fsp3) is 0.552. The van der Waals surface area contributed by atoms with Crippen molar-refractivity contribution >= 4 is 132 Å². The summed E-state index contributed by atoms with van der Waals surface area (Å²) in [5.74, 6) is 3.28. The summed E-state index contributed by atoms with van der Waals surface area (Å²) in [4.78, 5) is 115. The number of imide groups is 1. The van der Waals surface area contributed by atoms with Gasteiger partial charge in [0.2, 0.25) is 43.7 Å². The topological polar surface area (TPSA) is 432 Å². The number of carbonyl (C=O) groups excluding carboxylic acids is 3. The van der Waals surface area contributed by atoms with Crippen molar-refractivity contribution in [2.24, 2.45) is 0 Å². The van der Waals surface area contributed by atoms with Gasteiger partial charge in [-0.25, -0.2) is 102 Å². The molecule has 3 atom stereocenters. The lowest BCUT2D eigenvalue weighted by Gasteiger charge is -2.28. The number of morpholine rings is 3. The number of sulfonamides is 1. The fourth-order valence-electron chi connectivity index (χ4n) is 13.0. The third-order valence-electron chi connectivity index (χ3n) is 18.0. The first-order chi connectivity index (χ1) is 51.8. The number of nitrogens with one attached hydrogen (secondary N) is 1. The molecule has 9 aromatic rings. The minimum atomic E-state index is -3.30. The van der Waals surface area contributed by atoms with E-state index in [0.717, 1.165) is 44.1 Å². The lowest BCUT2D eigenvalue weighted by Crippen LogP contribution is -2.44. The van der Waals surface area contributed by atoms with E-state index in [1.807, 2.05) is 34.8 Å². The molecule has 109 heavy (non-hydrogen) atoms. The van der Waals surface area contributed by atoms with Crippen LogP contribution < -0.4 is 36.4 Å². The molecule has 0 radical (unpaired) electrons. The third-order valence-corrected chi connectivity index (χ3v) is 20.1. The molecule has 0 unspecified atom stereocenters. The van der Waals surface area contributed by atoms with E-state index >= 15 is 0 Å². The van der Waals surface area contributed by atoms with Gasteiger partial charge < -0.3 is 64.8 Å². The van der Waals surface area contributed by atoms with Gasteiger partial charge in [-0.05, 0) is 123 Å². The molecule has 15 rings (SSSR count). The van der Waals surface area contributed by atoms with Crippen LogP contribution in [0.3, 0.4) is 0 Å². The summed E-state index contributed by atoms with van der Waals surface area (Å²) in [6.45, 7) is 26.3. The van der Waals surface area contributed by atoms with Gasteiger partial charge in [-0.1, -0.05) is 0 Å². The lowest BCUT2D eigenvalue weighted by molar-refractivity contribution is 0.0287. The number of aromatic nitrogens is 18. The monoisotopic (exact) mass is 1580 g/mol. The van der Waals surface area contributed by atoms with Crippen LogP contribution in [-0.2, 0) is 38.4 Å². The third kappa shape index (κ3) is 17.9. The van der Waals surface area contributed by atoms with Crippen molar-refractivity contribution in [3.8, 4) is 34.2 Å². The zero-order chi connectivity index (χ0) is 77.4. The van der Waals surface area contributed by atoms with E-state index < -0.39 is 45.1 Å². The molecule has 9 aromatic heterocycles. The number of amides is 3. The highest BCUT2D eigenvalue weighted by atomic mass is 35.5. The Hall–Kier alpha value is -9.48. The molecule has 42 heteroatoms. The van der Waals surface area contributed by atoms with E-state index in [1.165, 1.54) is 23.0 Å². The molecule has 6 aliphatic rings. The molecule has 0 aliphatic carbocycles. The Bertz CT molecular complexity index is 4890. The molecular formula is C67H86Cl3N27O11S. The van der Waals surface area contributed by atoms with Crippen molar-refractivity contribution in [3.05, 3.63) is 53.0 Å². The zero-order valence-electron chi connectivity index (χ0n) is 62.0. The number of imidazole rings is 3. The van der Waals surface area contributed by atoms with E-state index in [1.54, 1.807) is 75.8 Å². The molecule has 6 fully saturated rings. The Labute approximate surface area is 642 Å². The van der Waals surface area contributed by atoms with Crippen molar-refractivity contribution < 1.29 is 51.2 Å². The highest BCUT2D eigenvalue weighted by Gasteiger charge is 2.39. The van der Waals surface area contributed by atoms with Gasteiger partial charge in [0.1, 0.15) is 16.8 Å². The number of nitrogen functional groups attached to an aromatic ring is 2. The molecule has 3 amide bonds. The number of halogens is 3. The lowest BCUT2D eigenvalue weighted by atomic mass is 10.2. The minimum absolute atomic E-state index is 0.156. The second-order valence-corrected chi connectivity index (χ2v) is 32.5. The number of ether oxygens (including phenoxy) is 6. The number of hydrogen-bond acceptors (Lipinski definition) is 32. The van der Waals surface area contributed by atoms with Crippen LogP contribution in [0.25, 0.3) is 67.7 Å². The maximum absolute atomic E-state index is 13.1. The normalized spacial score (nSPS) is 18.9. The molecule has 0 spiro atoms. The van der Waals surface area contributed by atoms with Crippen LogP contribution in [0.5, 0.6) is 0 Å². The van der Waals surface area contributed by atoms with Crippen LogP contribution in [0, 0.1) is 0 Å². The van der Waals surface area contributed by atoms with Gasteiger partial charge >= 0.3 is 18.3 Å². The number of fused-ring (bicyclic) bond motifs is 3. The molecule has 0 bridgehead atoms. The summed E-state index contributed by atoms with van der Waals surface area (Å²) < 4.78 is 64.2. The first-order valence-corrected chi connectivity index (χ1v) is 38.5. The maximum atomic E-state index is 13.1. The average Bonchev–Trinajstić information content (AvgIpc) is 1.62. The SMILES string of the molecule is CC(C)(C)OC(=O)N1CC[C@H](n2c(Cl)nc3c(N4CCOCC4)nc(-c4cnc(N(C(=O)OC(C)(C)C)C(=O)OC(C)(C)C)nc4)nc32)C1.CS(=O)(=O)N1CC[C@H](n2c(Cl)nc3c(N4CCOCC4)nc(-c4cnc(N)nc4)nc32)C1.Nc1ncc(-c2nc(N3CCOCC3)c3nc(Cl)n([C@H]4CCNC4)c3n2)cn1. The van der Waals surface area contributed by atoms with E-state index in [9.17, 15) is 22.8 Å². The van der Waals surface area contributed by atoms with Crippen LogP contribution >= 0.6 is 34.8 Å². The summed E-state index contributed by atoms with van der Waals surface area (Å²) in [5, 5.41) is 4.26. The summed E-state index contributed by atoms with van der Waals surface area (Å²) in [6.07, 6.45) is 10.2. The number of rotatable bonds is 11. The second-order valence-electron chi connectivity index (χ2n) is 29.5. The number of hydrogen-bond donors (Lipinski definition) is 3. The van der Waals surface area contributed by atoms with E-state index in [4.69, 9.17) is 105 Å². The summed E-state index contributed by atoms with van der Waals surface area (Å²) >= 11 is 19.9. The Morgan fingerprint density at radius 1 is 0.486 bits per heavy atom. The number of nitrogens with two attached hydrogens (primary N) is 2. The van der Waals surface area contributed by atoms with Gasteiger partial charge in [-0.3, -0.25) is 13.7 Å². The molecule has 6 aliphatic heterocycles. The van der Waals surface area contributed by atoms with Gasteiger partial charge in [0, 0.05) is 109 Å². The van der Waals surface area contributed by atoms with Crippen LogP contribution in [-0.4, -0.2) is 266 Å². The number of likely N-dealkylation sites (tertiary alicyclic amines) is 1. The number of nitrogens with zero attached hydrogens (tertiary/aromatic N) is 24. The molecule has 0 aromatic carbocycles. The van der Waals surface area contributed by atoms with Crippen LogP contribution in [0.1, 0.15) is 99.7 Å². The van der Waals surface area contributed by atoms with E-state index in [-0.39, 0.29) is 52.4 Å². The first kappa shape index (κ1) is 77.7. The maximum Gasteiger partial charge on any atom is 0.427 e. The van der Waals surface area contributed by atoms with Gasteiger partial charge in [0.05, 0.1) is 80.7 Å². The Kier molecular flexibility index (Phi) is 22.7. The molecule has 15 heterocycles. The van der Waals surface area contributed by atoms with E-state index in [2.05, 4.69) is 60.0 Å². The largest absolute Gasteiger partial charge is 0.444 e. The molecule has 38 nitrogen and oxygen atoms in total. The molecule has 6 saturated heterocycles. The zero-order valence-corrected chi connectivity index (χ0v) is 65.1. The van der Waals surface area contributed by atoms with Crippen molar-refractivity contribution in [3.63, 3.8) is 0 Å². The standard InChI is InChI=1S/C32H44ClN9O7.C18H22ClN9O3S.C17H20ClN9O/c1-30(2,3)47-27(43)40-11-10-20(18-40)41-24-21(36-25(41)33)23(39-12-14-46-15-13-39)37-22(38-24)19-16-34-26(35-17-19)42(28(44)48-31(4,5)6)29(45)49-32(7,8)9;1-32(29,30)27-3-2-12(10-27)28-16-13(23-17(28)19)15(26-4-6-31-7-5-26)24-14(25-16)11-8-21-18(20)22-9-11;18-16-23-12-14(26-3-5-28-6-4-26)24-13(10-7-21-17(19)22-8-10)25-15(12)27(16)11-1-2-20-9-11/h16-17,20H,10-15,18H2,1-9H3;8-9,12H,2-7,10H2,1H3,(H2,20,21,22);7-8,11,20H,1-6,9H2,(H2,19,21,22)/t20-;12-;11-/m000/s1. The highest BCUT2D eigenvalue weighted by molar-refractivity contribution is 7.88. The summed E-state index contributed by atoms with van der Waals surface area (Å²) in [7, 11) is -3.30. The number of carbonyl (C=O) groups is 3. The van der Waals surface area contributed by atoms with Crippen molar-refractivity contribution in [2.75, 3.05) is 156 Å². The van der Waals surface area contributed by atoms with Crippen molar-refractivity contribution in [1.82, 2.24) is 103 Å². The van der Waals surface area contributed by atoms with Gasteiger partial charge in [0.25, 0.3) is 0 Å². The molecule has 0 saturated carbocycles. The van der Waals surface area contributed by atoms with Gasteiger partial charge in [0.15, 0.2) is 68.4 Å². The van der Waals surface area contributed by atoms with E-state index in [0.29, 0.717) is 183 Å². The predicted octanol–water partition coefficient (Wildman–Crippen LogP) is 7.08. The Balaban J connectivity index is 0.000000151. The molecular weight excluding hydrogens is 1500 g/mol. The molecule has 582 valence electrons. The highest BCUT2D eigenvalue weighted by Crippen LogP contribution is 2.39. The van der Waals surface area contributed by atoms with Crippen LogP contribution in [0.2, 0.25) is 15.9 Å². The first-order valence-electron chi connectivity index (χ1n) is 35.5.